The number of ether oxygens (including phenoxy) is 1. The molecule has 15 heavy (non-hydrogen) atoms. The fraction of sp³-hybridized carbons (Fsp3) is 0.750. The number of nitrogens with two attached hydrogens (primary N) is 1. The van der Waals surface area contributed by atoms with Crippen LogP contribution in [-0.4, -0.2) is 23.2 Å². The SMILES string of the molecule is CC(C)(N)c1noc(COCC(F)F)n1. The third kappa shape index (κ3) is 3.88. The molecule has 0 aliphatic heterocycles. The molecule has 0 saturated carbocycles. The van der Waals surface area contributed by atoms with Crippen LogP contribution < -0.4 is 5.73 Å². The van der Waals surface area contributed by atoms with Crippen molar-refractivity contribution in [2.75, 3.05) is 6.61 Å². The maximum Gasteiger partial charge on any atom is 0.261 e. The Morgan fingerprint density at radius 2 is 2.20 bits per heavy atom. The maximum absolute atomic E-state index is 11.7. The van der Waals surface area contributed by atoms with Gasteiger partial charge in [0.05, 0.1) is 5.54 Å². The van der Waals surface area contributed by atoms with Crippen LogP contribution in [0.2, 0.25) is 0 Å². The molecule has 1 aromatic heterocycles. The molecule has 0 saturated heterocycles. The Balaban J connectivity index is 2.47. The van der Waals surface area contributed by atoms with E-state index in [0.717, 1.165) is 0 Å². The standard InChI is InChI=1S/C8H13F2N3O2/c1-8(2,11)7-12-6(15-13-7)4-14-3-5(9)10/h5H,3-4,11H2,1-2H3. The molecular formula is C8H13F2N3O2. The minimum Gasteiger partial charge on any atom is -0.366 e. The Hall–Kier alpha value is -1.08. The lowest BCUT2D eigenvalue weighted by atomic mass is 10.1. The number of aromatic nitrogens is 2. The summed E-state index contributed by atoms with van der Waals surface area (Å²) in [5.74, 6) is 0.460. The highest BCUT2D eigenvalue weighted by molar-refractivity contribution is 4.98. The van der Waals surface area contributed by atoms with E-state index in [-0.39, 0.29) is 12.5 Å². The second-order valence-corrected chi connectivity index (χ2v) is 3.64. The molecule has 1 aromatic rings. The molecule has 0 radical (unpaired) electrons. The van der Waals surface area contributed by atoms with Crippen molar-refractivity contribution in [3.05, 3.63) is 11.7 Å². The number of hydrogen-bond acceptors (Lipinski definition) is 5. The molecule has 0 aliphatic rings. The van der Waals surface area contributed by atoms with Gasteiger partial charge in [-0.15, -0.1) is 0 Å². The predicted octanol–water partition coefficient (Wildman–Crippen LogP) is 1.05. The normalized spacial score (nSPS) is 12.4. The van der Waals surface area contributed by atoms with Gasteiger partial charge in [-0.05, 0) is 13.8 Å². The molecule has 1 rings (SSSR count). The van der Waals surface area contributed by atoms with Crippen molar-refractivity contribution in [1.29, 1.82) is 0 Å². The zero-order valence-corrected chi connectivity index (χ0v) is 8.54. The van der Waals surface area contributed by atoms with Gasteiger partial charge in [-0.3, -0.25) is 0 Å². The van der Waals surface area contributed by atoms with Gasteiger partial charge in [0.25, 0.3) is 12.3 Å². The Kier molecular flexibility index (Phi) is 3.70. The number of rotatable bonds is 5. The Labute approximate surface area is 85.6 Å². The minimum atomic E-state index is -2.50. The molecule has 7 heteroatoms. The topological polar surface area (TPSA) is 74.2 Å². The second-order valence-electron chi connectivity index (χ2n) is 3.64. The van der Waals surface area contributed by atoms with Crippen LogP contribution >= 0.6 is 0 Å². The number of nitrogens with zero attached hydrogens (tertiary/aromatic N) is 2. The third-order valence-corrected chi connectivity index (χ3v) is 1.51. The summed E-state index contributed by atoms with van der Waals surface area (Å²) in [5, 5.41) is 3.61. The van der Waals surface area contributed by atoms with Crippen molar-refractivity contribution in [1.82, 2.24) is 10.1 Å². The van der Waals surface area contributed by atoms with Crippen LogP contribution in [0.1, 0.15) is 25.6 Å². The van der Waals surface area contributed by atoms with Crippen LogP contribution in [0.15, 0.2) is 4.52 Å². The van der Waals surface area contributed by atoms with Gasteiger partial charge in [0.2, 0.25) is 0 Å². The summed E-state index contributed by atoms with van der Waals surface area (Å²) in [4.78, 5) is 3.91. The predicted molar refractivity (Wildman–Crippen MR) is 47.2 cm³/mol. The van der Waals surface area contributed by atoms with Crippen LogP contribution in [-0.2, 0) is 16.9 Å². The molecule has 5 nitrogen and oxygen atoms in total. The fourth-order valence-electron chi connectivity index (χ4n) is 0.811. The zero-order chi connectivity index (χ0) is 11.5. The van der Waals surface area contributed by atoms with E-state index in [4.69, 9.17) is 10.3 Å². The van der Waals surface area contributed by atoms with Gasteiger partial charge in [0, 0.05) is 0 Å². The first-order valence-electron chi connectivity index (χ1n) is 4.37. The monoisotopic (exact) mass is 221 g/mol. The summed E-state index contributed by atoms with van der Waals surface area (Å²) in [5.41, 5.74) is 4.98. The van der Waals surface area contributed by atoms with Crippen molar-refractivity contribution in [3.63, 3.8) is 0 Å². The minimum absolute atomic E-state index is 0.132. The number of halogens is 2. The van der Waals surface area contributed by atoms with E-state index in [0.29, 0.717) is 5.82 Å². The van der Waals surface area contributed by atoms with Crippen LogP contribution in [0.5, 0.6) is 0 Å². The maximum atomic E-state index is 11.7. The van der Waals surface area contributed by atoms with Gasteiger partial charge in [0.1, 0.15) is 13.2 Å². The van der Waals surface area contributed by atoms with E-state index in [9.17, 15) is 8.78 Å². The van der Waals surface area contributed by atoms with E-state index >= 15 is 0 Å². The van der Waals surface area contributed by atoms with Crippen LogP contribution in [0, 0.1) is 0 Å². The summed E-state index contributed by atoms with van der Waals surface area (Å²) in [6, 6.07) is 0. The summed E-state index contributed by atoms with van der Waals surface area (Å²) < 4.78 is 32.8. The molecule has 0 unspecified atom stereocenters. The van der Waals surface area contributed by atoms with Gasteiger partial charge >= 0.3 is 0 Å². The molecule has 0 bridgehead atoms. The fourth-order valence-corrected chi connectivity index (χ4v) is 0.811. The van der Waals surface area contributed by atoms with E-state index < -0.39 is 18.6 Å². The summed E-state index contributed by atoms with van der Waals surface area (Å²) in [6.45, 7) is 2.64. The molecule has 86 valence electrons. The molecule has 0 spiro atoms. The first-order valence-corrected chi connectivity index (χ1v) is 4.37. The molecule has 0 atom stereocenters. The van der Waals surface area contributed by atoms with Crippen molar-refractivity contribution in [2.45, 2.75) is 32.4 Å². The first-order chi connectivity index (χ1) is 6.89. The van der Waals surface area contributed by atoms with E-state index in [1.807, 2.05) is 0 Å². The van der Waals surface area contributed by atoms with E-state index in [2.05, 4.69) is 14.9 Å². The highest BCUT2D eigenvalue weighted by Gasteiger charge is 2.21. The smallest absolute Gasteiger partial charge is 0.261 e. The summed E-state index contributed by atoms with van der Waals surface area (Å²) in [7, 11) is 0. The van der Waals surface area contributed by atoms with Crippen molar-refractivity contribution in [2.24, 2.45) is 5.73 Å². The molecule has 0 aromatic carbocycles. The van der Waals surface area contributed by atoms with E-state index in [1.54, 1.807) is 13.8 Å². The van der Waals surface area contributed by atoms with Crippen LogP contribution in [0.25, 0.3) is 0 Å². The Morgan fingerprint density at radius 1 is 1.53 bits per heavy atom. The second kappa shape index (κ2) is 4.63. The van der Waals surface area contributed by atoms with Crippen molar-refractivity contribution in [3.8, 4) is 0 Å². The van der Waals surface area contributed by atoms with Gasteiger partial charge in [-0.25, -0.2) is 8.78 Å². The first kappa shape index (κ1) is 12.0. The largest absolute Gasteiger partial charge is 0.366 e. The average Bonchev–Trinajstić information content (AvgIpc) is 2.51. The molecule has 1 heterocycles. The molecule has 0 aliphatic carbocycles. The zero-order valence-electron chi connectivity index (χ0n) is 8.54. The van der Waals surface area contributed by atoms with Gasteiger partial charge in [-0.1, -0.05) is 5.16 Å². The highest BCUT2D eigenvalue weighted by Crippen LogP contribution is 2.12. The Bertz CT molecular complexity index is 309. The molecule has 0 amide bonds. The number of hydrogen-bond donors (Lipinski definition) is 1. The summed E-state index contributed by atoms with van der Waals surface area (Å²) >= 11 is 0. The lowest BCUT2D eigenvalue weighted by Gasteiger charge is -2.11. The van der Waals surface area contributed by atoms with E-state index in [1.165, 1.54) is 0 Å². The van der Waals surface area contributed by atoms with Gasteiger partial charge in [0.15, 0.2) is 5.82 Å². The highest BCUT2D eigenvalue weighted by atomic mass is 19.3. The van der Waals surface area contributed by atoms with Crippen molar-refractivity contribution >= 4 is 0 Å². The Morgan fingerprint density at radius 3 is 2.67 bits per heavy atom. The van der Waals surface area contributed by atoms with Gasteiger partial charge < -0.3 is 15.0 Å². The molecule has 2 N–H and O–H groups in total. The van der Waals surface area contributed by atoms with Crippen molar-refractivity contribution < 1.29 is 18.0 Å². The third-order valence-electron chi connectivity index (χ3n) is 1.51. The summed E-state index contributed by atoms with van der Waals surface area (Å²) in [6.07, 6.45) is -2.50. The molecule has 0 fully saturated rings. The quantitative estimate of drug-likeness (QED) is 0.804. The molecular weight excluding hydrogens is 208 g/mol. The lowest BCUT2D eigenvalue weighted by molar-refractivity contribution is 0.00170. The van der Waals surface area contributed by atoms with Crippen LogP contribution in [0.4, 0.5) is 8.78 Å². The number of alkyl halides is 2. The van der Waals surface area contributed by atoms with Crippen LogP contribution in [0.3, 0.4) is 0 Å². The lowest BCUT2D eigenvalue weighted by Crippen LogP contribution is -2.30. The average molecular weight is 221 g/mol. The van der Waals surface area contributed by atoms with Gasteiger partial charge in [-0.2, -0.15) is 4.98 Å².